The van der Waals surface area contributed by atoms with E-state index in [2.05, 4.69) is 24.5 Å². The van der Waals surface area contributed by atoms with Crippen LogP contribution >= 0.6 is 11.8 Å². The molecule has 0 aromatic rings. The summed E-state index contributed by atoms with van der Waals surface area (Å²) in [6, 6.07) is -1.10. The summed E-state index contributed by atoms with van der Waals surface area (Å²) in [6.07, 6.45) is 4.23. The minimum Gasteiger partial charge on any atom is -0.394 e. The number of thioether (sulfide) groups is 1. The fourth-order valence-electron chi connectivity index (χ4n) is 5.88. The van der Waals surface area contributed by atoms with Gasteiger partial charge in [0.05, 0.1) is 29.2 Å². The first kappa shape index (κ1) is 24.4. The third-order valence-electron chi connectivity index (χ3n) is 7.44. The predicted octanol–water partition coefficient (Wildman–Crippen LogP) is 1.93. The van der Waals surface area contributed by atoms with E-state index in [1.807, 2.05) is 20.8 Å². The van der Waals surface area contributed by atoms with Crippen LogP contribution in [0.15, 0.2) is 0 Å². The number of rotatable bonds is 10. The van der Waals surface area contributed by atoms with Crippen LogP contribution in [-0.4, -0.2) is 69.0 Å². The van der Waals surface area contributed by atoms with Gasteiger partial charge in [0, 0.05) is 17.8 Å². The molecular weight excluding hydrogens is 414 g/mol. The van der Waals surface area contributed by atoms with Gasteiger partial charge < -0.3 is 20.6 Å². The number of fused-ring (bicyclic) bond motifs is 1. The average Bonchev–Trinajstić information content (AvgIpc) is 3.28. The molecule has 8 heteroatoms. The van der Waals surface area contributed by atoms with Crippen molar-refractivity contribution < 1.29 is 19.5 Å². The molecule has 176 valence electrons. The summed E-state index contributed by atoms with van der Waals surface area (Å²) in [5.74, 6) is -1.34. The molecule has 0 aliphatic carbocycles. The molecule has 2 unspecified atom stereocenters. The quantitative estimate of drug-likeness (QED) is 0.439. The number of aliphatic hydroxyl groups excluding tert-OH is 1. The molecule has 3 aliphatic heterocycles. The zero-order chi connectivity index (χ0) is 23.0. The smallest absolute Gasteiger partial charge is 0.244 e. The van der Waals surface area contributed by atoms with Gasteiger partial charge in [-0.15, -0.1) is 11.8 Å². The third-order valence-corrected chi connectivity index (χ3v) is 9.42. The molecule has 3 fully saturated rings. The molecule has 0 aromatic heterocycles. The summed E-state index contributed by atoms with van der Waals surface area (Å²) in [6.45, 7) is 11.0. The van der Waals surface area contributed by atoms with E-state index in [1.54, 1.807) is 16.7 Å². The molecule has 0 aromatic carbocycles. The lowest BCUT2D eigenvalue weighted by molar-refractivity contribution is -0.144. The van der Waals surface area contributed by atoms with Crippen molar-refractivity contribution in [3.05, 3.63) is 0 Å². The van der Waals surface area contributed by atoms with Gasteiger partial charge in [-0.3, -0.25) is 14.4 Å². The summed E-state index contributed by atoms with van der Waals surface area (Å²) < 4.78 is -0.961. The van der Waals surface area contributed by atoms with Crippen LogP contribution in [0.25, 0.3) is 0 Å². The minimum absolute atomic E-state index is 0.000253. The first-order valence-electron chi connectivity index (χ1n) is 11.9. The van der Waals surface area contributed by atoms with Gasteiger partial charge in [-0.2, -0.15) is 0 Å². The number of unbranched alkanes of at least 4 members (excludes halogenated alkanes) is 1. The van der Waals surface area contributed by atoms with E-state index < -0.39 is 28.7 Å². The van der Waals surface area contributed by atoms with Crippen molar-refractivity contribution in [2.75, 3.05) is 19.7 Å². The third kappa shape index (κ3) is 3.88. The fourth-order valence-corrected chi connectivity index (χ4v) is 8.23. The lowest BCUT2D eigenvalue weighted by Crippen LogP contribution is -2.57. The Morgan fingerprint density at radius 2 is 1.84 bits per heavy atom. The second-order valence-corrected chi connectivity index (χ2v) is 11.8. The number of nitrogens with one attached hydrogen (secondary N) is 2. The Balaban J connectivity index is 2.03. The van der Waals surface area contributed by atoms with Gasteiger partial charge in [-0.1, -0.05) is 34.1 Å². The van der Waals surface area contributed by atoms with Crippen LogP contribution in [0.1, 0.15) is 66.7 Å². The SMILES string of the molecule is CCCCNC(=O)C1N([C@@H](CO)C(C)C)C(=O)[C@@H]2[C@@H](C(=O)NCCC)[C@@]3(C)CCC12S3. The second-order valence-electron chi connectivity index (χ2n) is 9.90. The van der Waals surface area contributed by atoms with E-state index in [9.17, 15) is 19.5 Å². The molecular formula is C23H39N3O4S. The highest BCUT2D eigenvalue weighted by Crippen LogP contribution is 2.71. The Bertz CT molecular complexity index is 717. The highest BCUT2D eigenvalue weighted by Gasteiger charge is 2.77. The molecule has 7 nitrogen and oxygen atoms in total. The van der Waals surface area contributed by atoms with Crippen LogP contribution in [0.3, 0.4) is 0 Å². The van der Waals surface area contributed by atoms with E-state index in [4.69, 9.17) is 0 Å². The van der Waals surface area contributed by atoms with Crippen LogP contribution < -0.4 is 10.6 Å². The Morgan fingerprint density at radius 1 is 1.16 bits per heavy atom. The Hall–Kier alpha value is -1.28. The van der Waals surface area contributed by atoms with Crippen LogP contribution in [0.5, 0.6) is 0 Å². The molecule has 3 rings (SSSR count). The Morgan fingerprint density at radius 3 is 2.42 bits per heavy atom. The van der Waals surface area contributed by atoms with Crippen LogP contribution in [0.2, 0.25) is 0 Å². The molecule has 1 spiro atoms. The largest absolute Gasteiger partial charge is 0.394 e. The summed E-state index contributed by atoms with van der Waals surface area (Å²) in [5.41, 5.74) is 0. The van der Waals surface area contributed by atoms with Crippen LogP contribution in [0.4, 0.5) is 0 Å². The average molecular weight is 454 g/mol. The Kier molecular flexibility index (Phi) is 7.31. The first-order valence-corrected chi connectivity index (χ1v) is 12.7. The molecule has 3 N–H and O–H groups in total. The zero-order valence-corrected chi connectivity index (χ0v) is 20.4. The van der Waals surface area contributed by atoms with Crippen molar-refractivity contribution in [1.82, 2.24) is 15.5 Å². The van der Waals surface area contributed by atoms with E-state index in [0.29, 0.717) is 13.1 Å². The maximum absolute atomic E-state index is 13.9. The maximum Gasteiger partial charge on any atom is 0.244 e. The van der Waals surface area contributed by atoms with E-state index in [1.165, 1.54) is 0 Å². The van der Waals surface area contributed by atoms with Gasteiger partial charge in [0.15, 0.2) is 0 Å². The van der Waals surface area contributed by atoms with Crippen molar-refractivity contribution in [2.24, 2.45) is 17.8 Å². The number of nitrogens with zero attached hydrogens (tertiary/aromatic N) is 1. The van der Waals surface area contributed by atoms with Gasteiger partial charge in [-0.25, -0.2) is 0 Å². The highest BCUT2D eigenvalue weighted by molar-refractivity contribution is 8.02. The predicted molar refractivity (Wildman–Crippen MR) is 123 cm³/mol. The van der Waals surface area contributed by atoms with Gasteiger partial charge in [-0.05, 0) is 38.5 Å². The number of hydrogen-bond acceptors (Lipinski definition) is 5. The van der Waals surface area contributed by atoms with E-state index in [-0.39, 0.29) is 35.0 Å². The van der Waals surface area contributed by atoms with Gasteiger partial charge in [0.1, 0.15) is 6.04 Å². The fraction of sp³-hybridized carbons (Fsp3) is 0.870. The summed E-state index contributed by atoms with van der Waals surface area (Å²) >= 11 is 1.68. The number of aliphatic hydroxyl groups is 1. The van der Waals surface area contributed by atoms with Crippen molar-refractivity contribution >= 4 is 29.5 Å². The number of hydrogen-bond donors (Lipinski definition) is 3. The number of carbonyl (C=O) groups is 3. The molecule has 31 heavy (non-hydrogen) atoms. The molecule has 3 aliphatic rings. The Labute approximate surface area is 190 Å². The minimum atomic E-state index is -0.655. The normalized spacial score (nSPS) is 34.9. The van der Waals surface area contributed by atoms with Crippen molar-refractivity contribution in [1.29, 1.82) is 0 Å². The lowest BCUT2D eigenvalue weighted by atomic mass is 9.66. The molecule has 3 saturated heterocycles. The monoisotopic (exact) mass is 453 g/mol. The first-order chi connectivity index (χ1) is 14.7. The number of amides is 3. The lowest BCUT2D eigenvalue weighted by Gasteiger charge is -2.38. The highest BCUT2D eigenvalue weighted by atomic mass is 32.2. The van der Waals surface area contributed by atoms with Gasteiger partial charge in [0.25, 0.3) is 0 Å². The van der Waals surface area contributed by atoms with Crippen molar-refractivity contribution in [2.45, 2.75) is 88.3 Å². The van der Waals surface area contributed by atoms with Crippen molar-refractivity contribution in [3.63, 3.8) is 0 Å². The van der Waals surface area contributed by atoms with Gasteiger partial charge in [0.2, 0.25) is 17.7 Å². The van der Waals surface area contributed by atoms with Crippen molar-refractivity contribution in [3.8, 4) is 0 Å². The van der Waals surface area contributed by atoms with Crippen LogP contribution in [0, 0.1) is 17.8 Å². The summed E-state index contributed by atoms with van der Waals surface area (Å²) in [5, 5.41) is 16.2. The molecule has 2 bridgehead atoms. The maximum atomic E-state index is 13.9. The topological polar surface area (TPSA) is 98.7 Å². The molecule has 0 saturated carbocycles. The van der Waals surface area contributed by atoms with Gasteiger partial charge >= 0.3 is 0 Å². The number of likely N-dealkylation sites (tertiary alicyclic amines) is 1. The zero-order valence-electron chi connectivity index (χ0n) is 19.6. The summed E-state index contributed by atoms with van der Waals surface area (Å²) in [4.78, 5) is 42.2. The molecule has 3 amide bonds. The standard InChI is InChI=1S/C23H39N3O4S/c1-6-8-12-25-20(29)18-23-10-9-22(5,31-23)16(19(28)24-11-7-2)17(23)21(30)26(18)15(13-27)14(3)4/h14-18,27H,6-13H2,1-5H3,(H,24,28)(H,25,29)/t15-,16-,17-,18?,22+,23?/m0/s1. The molecule has 6 atom stereocenters. The summed E-state index contributed by atoms with van der Waals surface area (Å²) in [7, 11) is 0. The molecule has 0 radical (unpaired) electrons. The van der Waals surface area contributed by atoms with E-state index >= 15 is 0 Å². The second kappa shape index (κ2) is 9.30. The van der Waals surface area contributed by atoms with Crippen LogP contribution in [-0.2, 0) is 14.4 Å². The molecule has 3 heterocycles. The van der Waals surface area contributed by atoms with E-state index in [0.717, 1.165) is 32.1 Å². The number of carbonyl (C=O) groups excluding carboxylic acids is 3.